The molecule has 0 bridgehead atoms. The van der Waals surface area contributed by atoms with Crippen molar-refractivity contribution in [3.8, 4) is 6.07 Å². The monoisotopic (exact) mass is 436 g/mol. The number of rotatable bonds is 6. The van der Waals surface area contributed by atoms with Crippen molar-refractivity contribution >= 4 is 42.6 Å². The summed E-state index contributed by atoms with van der Waals surface area (Å²) in [5.41, 5.74) is 3.86. The van der Waals surface area contributed by atoms with Gasteiger partial charge < -0.3 is 5.32 Å². The Hall–Kier alpha value is -2.70. The van der Waals surface area contributed by atoms with Gasteiger partial charge in [0.15, 0.2) is 0 Å². The highest BCUT2D eigenvalue weighted by Crippen LogP contribution is 2.17. The number of amides is 1. The van der Waals surface area contributed by atoms with Gasteiger partial charge in [0.05, 0.1) is 29.7 Å². The summed E-state index contributed by atoms with van der Waals surface area (Å²) >= 11 is 0. The van der Waals surface area contributed by atoms with E-state index < -0.39 is 5.91 Å². The standard InChI is InChI=1S/C19H20N6O2.2ClH/c20-9-14-2-1-3-15(8-14)12-25-7-6-17(13-25)23-18-11-21-16(10-22-18)4-5-19(26)24-27;;/h1-5,8,10-11,17,27H,6-7,12-13H2,(H,22,23)(H,24,26);2*1H/b5-4+;;/t17-;;/m1../s1. The molecule has 10 heteroatoms. The number of benzene rings is 1. The lowest BCUT2D eigenvalue weighted by Gasteiger charge is -2.17. The fourth-order valence-corrected chi connectivity index (χ4v) is 3.00. The smallest absolute Gasteiger partial charge is 0.267 e. The van der Waals surface area contributed by atoms with Crippen LogP contribution in [0.1, 0.15) is 23.2 Å². The van der Waals surface area contributed by atoms with Crippen LogP contribution >= 0.6 is 24.8 Å². The first-order chi connectivity index (χ1) is 13.2. The van der Waals surface area contributed by atoms with Crippen molar-refractivity contribution in [2.45, 2.75) is 19.0 Å². The van der Waals surface area contributed by atoms with E-state index in [1.807, 2.05) is 24.3 Å². The second-order valence-corrected chi connectivity index (χ2v) is 6.31. The fraction of sp³-hybridized carbons (Fsp3) is 0.263. The third kappa shape index (κ3) is 7.33. The number of carbonyl (C=O) groups is 1. The van der Waals surface area contributed by atoms with Gasteiger partial charge in [-0.15, -0.1) is 24.8 Å². The summed E-state index contributed by atoms with van der Waals surface area (Å²) in [5, 5.41) is 20.8. The van der Waals surface area contributed by atoms with Crippen LogP contribution in [0.3, 0.4) is 0 Å². The van der Waals surface area contributed by atoms with Gasteiger partial charge in [0, 0.05) is 31.8 Å². The molecule has 29 heavy (non-hydrogen) atoms. The maximum absolute atomic E-state index is 11.0. The lowest BCUT2D eigenvalue weighted by Crippen LogP contribution is -2.26. The van der Waals surface area contributed by atoms with Gasteiger partial charge in [0.2, 0.25) is 0 Å². The zero-order chi connectivity index (χ0) is 19.1. The Bertz CT molecular complexity index is 870. The average molecular weight is 437 g/mol. The average Bonchev–Trinajstić information content (AvgIpc) is 3.14. The number of hydrogen-bond acceptors (Lipinski definition) is 7. The number of halogens is 2. The van der Waals surface area contributed by atoms with Crippen LogP contribution in [-0.2, 0) is 11.3 Å². The second-order valence-electron chi connectivity index (χ2n) is 6.31. The molecule has 2 aromatic rings. The summed E-state index contributed by atoms with van der Waals surface area (Å²) in [4.78, 5) is 21.8. The molecule has 1 atom stereocenters. The molecule has 0 spiro atoms. The number of anilines is 1. The van der Waals surface area contributed by atoms with E-state index in [1.54, 1.807) is 12.4 Å². The summed E-state index contributed by atoms with van der Waals surface area (Å²) < 4.78 is 0. The molecule has 0 unspecified atom stereocenters. The maximum Gasteiger partial charge on any atom is 0.267 e. The third-order valence-electron chi connectivity index (χ3n) is 4.27. The molecule has 2 heterocycles. The van der Waals surface area contributed by atoms with Gasteiger partial charge >= 0.3 is 0 Å². The quantitative estimate of drug-likeness (QED) is 0.361. The first-order valence-corrected chi connectivity index (χ1v) is 8.58. The molecule has 8 nitrogen and oxygen atoms in total. The van der Waals surface area contributed by atoms with Gasteiger partial charge in [-0.2, -0.15) is 5.26 Å². The number of aromatic nitrogens is 2. The lowest BCUT2D eigenvalue weighted by atomic mass is 10.1. The van der Waals surface area contributed by atoms with E-state index in [0.29, 0.717) is 17.1 Å². The Morgan fingerprint density at radius 3 is 2.86 bits per heavy atom. The summed E-state index contributed by atoms with van der Waals surface area (Å²) in [7, 11) is 0. The van der Waals surface area contributed by atoms with Gasteiger partial charge in [-0.05, 0) is 30.2 Å². The number of nitrogens with zero attached hydrogens (tertiary/aromatic N) is 4. The molecule has 1 aliphatic rings. The summed E-state index contributed by atoms with van der Waals surface area (Å²) in [6, 6.07) is 10.1. The fourth-order valence-electron chi connectivity index (χ4n) is 3.00. The number of nitriles is 1. The Morgan fingerprint density at radius 1 is 1.34 bits per heavy atom. The van der Waals surface area contributed by atoms with Crippen LogP contribution in [0.15, 0.2) is 42.7 Å². The predicted molar refractivity (Wildman–Crippen MR) is 114 cm³/mol. The van der Waals surface area contributed by atoms with Crippen molar-refractivity contribution in [3.63, 3.8) is 0 Å². The summed E-state index contributed by atoms with van der Waals surface area (Å²) in [6.45, 7) is 2.67. The number of hydroxylamine groups is 1. The van der Waals surface area contributed by atoms with Gasteiger partial charge in [0.1, 0.15) is 5.82 Å². The second kappa shape index (κ2) is 12.0. The molecule has 1 aliphatic heterocycles. The Kier molecular flexibility index (Phi) is 10.1. The highest BCUT2D eigenvalue weighted by Gasteiger charge is 2.22. The Balaban J connectivity index is 0.00000210. The van der Waals surface area contributed by atoms with Crippen molar-refractivity contribution in [3.05, 3.63) is 59.6 Å². The van der Waals surface area contributed by atoms with Crippen molar-refractivity contribution in [2.75, 3.05) is 18.4 Å². The molecule has 0 aliphatic carbocycles. The molecule has 1 aromatic carbocycles. The number of carbonyl (C=O) groups excluding carboxylic acids is 1. The Labute approximate surface area is 181 Å². The minimum atomic E-state index is -0.620. The van der Waals surface area contributed by atoms with Crippen LogP contribution in [0.4, 0.5) is 5.82 Å². The molecule has 1 fully saturated rings. The minimum Gasteiger partial charge on any atom is -0.365 e. The molecular formula is C19H22Cl2N6O2. The topological polar surface area (TPSA) is 114 Å². The summed E-state index contributed by atoms with van der Waals surface area (Å²) in [6.07, 6.45) is 6.82. The SMILES string of the molecule is Cl.Cl.N#Cc1cccc(CN2CC[C@@H](Nc3cnc(/C=C/C(=O)NO)cn3)C2)c1. The van der Waals surface area contributed by atoms with E-state index in [9.17, 15) is 4.79 Å². The van der Waals surface area contributed by atoms with Crippen LogP contribution in [0, 0.1) is 11.3 Å². The highest BCUT2D eigenvalue weighted by molar-refractivity contribution is 5.90. The molecule has 0 radical (unpaired) electrons. The van der Waals surface area contributed by atoms with E-state index >= 15 is 0 Å². The van der Waals surface area contributed by atoms with Crippen LogP contribution in [0.2, 0.25) is 0 Å². The zero-order valence-electron chi connectivity index (χ0n) is 15.5. The molecule has 1 aromatic heterocycles. The lowest BCUT2D eigenvalue weighted by molar-refractivity contribution is -0.124. The van der Waals surface area contributed by atoms with Crippen molar-refractivity contribution < 1.29 is 10.0 Å². The molecule has 154 valence electrons. The van der Waals surface area contributed by atoms with Crippen LogP contribution in [0.5, 0.6) is 0 Å². The maximum atomic E-state index is 11.0. The van der Waals surface area contributed by atoms with Gasteiger partial charge in [-0.25, -0.2) is 10.5 Å². The van der Waals surface area contributed by atoms with E-state index in [1.165, 1.54) is 17.6 Å². The largest absolute Gasteiger partial charge is 0.365 e. The molecule has 1 amide bonds. The van der Waals surface area contributed by atoms with Crippen LogP contribution in [-0.4, -0.2) is 45.1 Å². The number of nitrogens with one attached hydrogen (secondary N) is 2. The van der Waals surface area contributed by atoms with Gasteiger partial charge in [-0.3, -0.25) is 19.9 Å². The van der Waals surface area contributed by atoms with Crippen LogP contribution in [0.25, 0.3) is 6.08 Å². The van der Waals surface area contributed by atoms with Gasteiger partial charge in [0.25, 0.3) is 5.91 Å². The van der Waals surface area contributed by atoms with E-state index in [4.69, 9.17) is 10.5 Å². The highest BCUT2D eigenvalue weighted by atomic mass is 35.5. The molecule has 1 saturated heterocycles. The summed E-state index contributed by atoms with van der Waals surface area (Å²) in [5.74, 6) is 0.0578. The van der Waals surface area contributed by atoms with E-state index in [-0.39, 0.29) is 30.9 Å². The van der Waals surface area contributed by atoms with Gasteiger partial charge in [-0.1, -0.05) is 12.1 Å². The van der Waals surface area contributed by atoms with Crippen molar-refractivity contribution in [2.24, 2.45) is 0 Å². The first kappa shape index (κ1) is 24.3. The van der Waals surface area contributed by atoms with Crippen molar-refractivity contribution in [1.82, 2.24) is 20.3 Å². The predicted octanol–water partition coefficient (Wildman–Crippen LogP) is 2.40. The third-order valence-corrected chi connectivity index (χ3v) is 4.27. The van der Waals surface area contributed by atoms with Crippen molar-refractivity contribution in [1.29, 1.82) is 5.26 Å². The zero-order valence-corrected chi connectivity index (χ0v) is 17.1. The molecule has 3 rings (SSSR count). The van der Waals surface area contributed by atoms with E-state index in [0.717, 1.165) is 31.6 Å². The van der Waals surface area contributed by atoms with E-state index in [2.05, 4.69) is 26.3 Å². The first-order valence-electron chi connectivity index (χ1n) is 8.58. The molecular weight excluding hydrogens is 415 g/mol. The molecule has 3 N–H and O–H groups in total. The normalized spacial score (nSPS) is 15.8. The molecule has 0 saturated carbocycles. The number of hydrogen-bond donors (Lipinski definition) is 3. The Morgan fingerprint density at radius 2 is 2.17 bits per heavy atom. The minimum absolute atomic E-state index is 0. The number of likely N-dealkylation sites (tertiary alicyclic amines) is 1. The van der Waals surface area contributed by atoms with Crippen LogP contribution < -0.4 is 10.8 Å².